The van der Waals surface area contributed by atoms with E-state index in [1.54, 1.807) is 0 Å². The average Bonchev–Trinajstić information content (AvgIpc) is 1.27. The normalized spacial score (nSPS) is 11.1. The predicted octanol–water partition coefficient (Wildman–Crippen LogP) is 3.77. The number of hydrogen-bond acceptors (Lipinski definition) is 0. The largest absolute Gasteiger partial charge is 0.0709 e. The molecule has 0 spiro atoms. The van der Waals surface area contributed by atoms with E-state index >= 15 is 0 Å². The predicted molar refractivity (Wildman–Crippen MR) is 68.3 cm³/mol. The highest BCUT2D eigenvalue weighted by Crippen LogP contribution is 2.24. The zero-order valence-corrected chi connectivity index (χ0v) is 12.0. The Kier molecular flexibility index (Phi) is 8.06. The van der Waals surface area contributed by atoms with Crippen LogP contribution in [-0.2, 0) is 0 Å². The molecule has 0 aromatic carbocycles. The van der Waals surface area contributed by atoms with Crippen LogP contribution in [0.4, 0.5) is 0 Å². The van der Waals surface area contributed by atoms with Crippen LogP contribution in [0, 0.1) is 0 Å². The SMILES string of the molecule is IC(I)CC(I)I. The molecule has 0 N–H and O–H groups in total. The molecule has 0 aromatic heterocycles. The molecule has 0 atom stereocenters. The zero-order chi connectivity index (χ0) is 5.86. The van der Waals surface area contributed by atoms with Crippen molar-refractivity contribution in [1.29, 1.82) is 0 Å². The monoisotopic (exact) mass is 548 g/mol. The van der Waals surface area contributed by atoms with Gasteiger partial charge in [0.1, 0.15) is 0 Å². The van der Waals surface area contributed by atoms with Gasteiger partial charge in [-0.05, 0) is 6.42 Å². The third-order valence-electron chi connectivity index (χ3n) is 0.356. The lowest BCUT2D eigenvalue weighted by Crippen LogP contribution is -1.90. The number of hydrogen-bond donors (Lipinski definition) is 0. The van der Waals surface area contributed by atoms with Crippen LogP contribution < -0.4 is 0 Å². The Morgan fingerprint density at radius 3 is 1.14 bits per heavy atom. The van der Waals surface area contributed by atoms with Crippen molar-refractivity contribution in [3.63, 3.8) is 0 Å². The van der Waals surface area contributed by atoms with Crippen molar-refractivity contribution in [1.82, 2.24) is 0 Å². The summed E-state index contributed by atoms with van der Waals surface area (Å²) in [6.45, 7) is 0. The maximum atomic E-state index is 2.43. The standard InChI is InChI=1S/C3H4I4/c4-2(5)1-3(6)7/h2-3H,1H2. The van der Waals surface area contributed by atoms with Crippen LogP contribution in [0.3, 0.4) is 0 Å². The summed E-state index contributed by atoms with van der Waals surface area (Å²) < 4.78 is 1.60. The van der Waals surface area contributed by atoms with Crippen LogP contribution in [0.1, 0.15) is 6.42 Å². The fourth-order valence-electron chi connectivity index (χ4n) is 0.135. The van der Waals surface area contributed by atoms with E-state index in [1.165, 1.54) is 6.42 Å². The molecule has 0 rings (SSSR count). The van der Waals surface area contributed by atoms with Gasteiger partial charge in [0, 0.05) is 0 Å². The minimum absolute atomic E-state index is 0.800. The van der Waals surface area contributed by atoms with Gasteiger partial charge in [0.15, 0.2) is 0 Å². The lowest BCUT2D eigenvalue weighted by atomic mass is 10.6. The second-order valence-corrected chi connectivity index (χ2v) is 11.8. The van der Waals surface area contributed by atoms with Gasteiger partial charge in [-0.1, -0.05) is 90.4 Å². The fourth-order valence-corrected chi connectivity index (χ4v) is 6.06. The van der Waals surface area contributed by atoms with Crippen LogP contribution in [-0.4, -0.2) is 3.86 Å². The molecule has 0 fully saturated rings. The summed E-state index contributed by atoms with van der Waals surface area (Å²) in [6, 6.07) is 0. The number of alkyl halides is 4. The molecule has 7 heavy (non-hydrogen) atoms. The molecule has 44 valence electrons. The molecule has 0 heterocycles. The van der Waals surface area contributed by atoms with E-state index in [2.05, 4.69) is 90.4 Å². The summed E-state index contributed by atoms with van der Waals surface area (Å²) in [5.41, 5.74) is 0. The van der Waals surface area contributed by atoms with Gasteiger partial charge in [0.25, 0.3) is 0 Å². The molecule has 0 aromatic rings. The van der Waals surface area contributed by atoms with Crippen molar-refractivity contribution in [2.24, 2.45) is 0 Å². The molecule has 0 saturated carbocycles. The molecular weight excluding hydrogens is 544 g/mol. The van der Waals surface area contributed by atoms with Crippen LogP contribution in [0.2, 0.25) is 0 Å². The van der Waals surface area contributed by atoms with Crippen molar-refractivity contribution in [3.8, 4) is 0 Å². The maximum Gasteiger partial charge on any atom is 0.0644 e. The highest BCUT2D eigenvalue weighted by Gasteiger charge is 2.02. The Labute approximate surface area is 98.5 Å². The van der Waals surface area contributed by atoms with Crippen molar-refractivity contribution in [2.75, 3.05) is 0 Å². The molecule has 0 radical (unpaired) electrons. The maximum absolute atomic E-state index is 2.43. The highest BCUT2D eigenvalue weighted by atomic mass is 127. The minimum atomic E-state index is 0.800. The first-order valence-electron chi connectivity index (χ1n) is 1.69. The Morgan fingerprint density at radius 2 is 1.14 bits per heavy atom. The summed E-state index contributed by atoms with van der Waals surface area (Å²) in [4.78, 5) is 0. The van der Waals surface area contributed by atoms with Gasteiger partial charge < -0.3 is 0 Å². The third kappa shape index (κ3) is 8.92. The van der Waals surface area contributed by atoms with E-state index in [9.17, 15) is 0 Å². The first-order chi connectivity index (χ1) is 3.13. The van der Waals surface area contributed by atoms with Crippen LogP contribution >= 0.6 is 90.4 Å². The molecule has 0 unspecified atom stereocenters. The zero-order valence-electron chi connectivity index (χ0n) is 3.37. The second-order valence-electron chi connectivity index (χ2n) is 1.02. The van der Waals surface area contributed by atoms with Crippen LogP contribution in [0.5, 0.6) is 0 Å². The van der Waals surface area contributed by atoms with Crippen molar-refractivity contribution in [2.45, 2.75) is 10.3 Å². The highest BCUT2D eigenvalue weighted by molar-refractivity contribution is 14.2. The van der Waals surface area contributed by atoms with Crippen molar-refractivity contribution in [3.05, 3.63) is 0 Å². The van der Waals surface area contributed by atoms with Gasteiger partial charge in [-0.25, -0.2) is 0 Å². The van der Waals surface area contributed by atoms with Gasteiger partial charge in [0.05, 0.1) is 3.86 Å². The average molecular weight is 548 g/mol. The van der Waals surface area contributed by atoms with Gasteiger partial charge in [-0.2, -0.15) is 0 Å². The Hall–Kier alpha value is 2.92. The molecule has 4 heteroatoms. The Balaban J connectivity index is 2.95. The fraction of sp³-hybridized carbons (Fsp3) is 1.00. The second kappa shape index (κ2) is 5.69. The summed E-state index contributed by atoms with van der Waals surface area (Å²) in [5.74, 6) is 0. The van der Waals surface area contributed by atoms with E-state index in [1.807, 2.05) is 0 Å². The third-order valence-corrected chi connectivity index (χ3v) is 2.39. The van der Waals surface area contributed by atoms with Crippen molar-refractivity contribution < 1.29 is 0 Å². The minimum Gasteiger partial charge on any atom is -0.0709 e. The Morgan fingerprint density at radius 1 is 0.857 bits per heavy atom. The summed E-state index contributed by atoms with van der Waals surface area (Å²) in [5, 5.41) is 0. The van der Waals surface area contributed by atoms with E-state index in [-0.39, 0.29) is 0 Å². The lowest BCUT2D eigenvalue weighted by molar-refractivity contribution is 1.13. The summed E-state index contributed by atoms with van der Waals surface area (Å²) in [7, 11) is 0. The van der Waals surface area contributed by atoms with Crippen molar-refractivity contribution >= 4 is 90.4 Å². The molecule has 0 saturated heterocycles. The van der Waals surface area contributed by atoms with E-state index in [0.29, 0.717) is 0 Å². The molecular formula is C3H4I4. The summed E-state index contributed by atoms with van der Waals surface area (Å²) in [6.07, 6.45) is 1.31. The lowest BCUT2D eigenvalue weighted by Gasteiger charge is -1.99. The molecule has 0 nitrogen and oxygen atoms in total. The first kappa shape index (κ1) is 9.92. The molecule has 0 amide bonds. The van der Waals surface area contributed by atoms with E-state index in [4.69, 9.17) is 0 Å². The van der Waals surface area contributed by atoms with Crippen LogP contribution in [0.15, 0.2) is 0 Å². The van der Waals surface area contributed by atoms with Gasteiger partial charge in [-0.15, -0.1) is 0 Å². The molecule has 0 aliphatic carbocycles. The van der Waals surface area contributed by atoms with Gasteiger partial charge in [-0.3, -0.25) is 0 Å². The van der Waals surface area contributed by atoms with Crippen LogP contribution in [0.25, 0.3) is 0 Å². The topological polar surface area (TPSA) is 0 Å². The molecule has 0 aliphatic heterocycles. The number of halogens is 4. The number of rotatable bonds is 2. The van der Waals surface area contributed by atoms with E-state index in [0.717, 1.165) is 3.86 Å². The smallest absolute Gasteiger partial charge is 0.0644 e. The van der Waals surface area contributed by atoms with Gasteiger partial charge >= 0.3 is 0 Å². The summed E-state index contributed by atoms with van der Waals surface area (Å²) >= 11 is 9.74. The quantitative estimate of drug-likeness (QED) is 0.365. The molecule has 0 bridgehead atoms. The van der Waals surface area contributed by atoms with E-state index < -0.39 is 0 Å². The first-order valence-corrected chi connectivity index (χ1v) is 6.67. The molecule has 0 aliphatic rings. The Bertz CT molecular complexity index is 36.2. The van der Waals surface area contributed by atoms with Gasteiger partial charge in [0.2, 0.25) is 0 Å².